The third kappa shape index (κ3) is 3.53. The van der Waals surface area contributed by atoms with Crippen LogP contribution in [0.15, 0.2) is 18.2 Å². The van der Waals surface area contributed by atoms with Gasteiger partial charge in [0.25, 0.3) is 0 Å². The number of benzene rings is 1. The third-order valence-electron chi connectivity index (χ3n) is 3.06. The summed E-state index contributed by atoms with van der Waals surface area (Å²) in [4.78, 5) is 2.18. The topological polar surface area (TPSA) is 43.7 Å². The smallest absolute Gasteiger partial charge is 0.423 e. The fourth-order valence-electron chi connectivity index (χ4n) is 2.01. The van der Waals surface area contributed by atoms with Crippen molar-refractivity contribution in [2.75, 3.05) is 13.6 Å². The van der Waals surface area contributed by atoms with E-state index in [1.165, 1.54) is 25.0 Å². The highest BCUT2D eigenvalue weighted by Gasteiger charge is 2.23. The van der Waals surface area contributed by atoms with E-state index >= 15 is 0 Å². The van der Waals surface area contributed by atoms with Gasteiger partial charge in [0, 0.05) is 18.6 Å². The van der Waals surface area contributed by atoms with Crippen molar-refractivity contribution in [1.82, 2.24) is 4.90 Å². The summed E-state index contributed by atoms with van der Waals surface area (Å²) in [5, 5.41) is 18.0. The molecule has 1 saturated carbocycles. The van der Waals surface area contributed by atoms with E-state index in [4.69, 9.17) is 10.0 Å². The number of halogens is 1. The predicted molar refractivity (Wildman–Crippen MR) is 65.3 cm³/mol. The Labute approximate surface area is 101 Å². The summed E-state index contributed by atoms with van der Waals surface area (Å²) in [7, 11) is 0.278. The summed E-state index contributed by atoms with van der Waals surface area (Å²) in [6.45, 7) is 1.75. The summed E-state index contributed by atoms with van der Waals surface area (Å²) in [6, 6.07) is 4.49. The monoisotopic (exact) mass is 237 g/mol. The second-order valence-electron chi connectivity index (χ2n) is 4.87. The normalized spacial score (nSPS) is 15.4. The highest BCUT2D eigenvalue weighted by atomic mass is 19.1. The first-order chi connectivity index (χ1) is 8.06. The summed E-state index contributed by atoms with van der Waals surface area (Å²) in [5.41, 5.74) is 0.847. The minimum atomic E-state index is -1.75. The molecule has 0 saturated heterocycles. The van der Waals surface area contributed by atoms with Crippen LogP contribution in [0.5, 0.6) is 0 Å². The molecule has 2 N–H and O–H groups in total. The first kappa shape index (κ1) is 12.5. The lowest BCUT2D eigenvalue weighted by Crippen LogP contribution is -2.33. The molecule has 0 spiro atoms. The van der Waals surface area contributed by atoms with Crippen LogP contribution in [0.3, 0.4) is 0 Å². The zero-order valence-corrected chi connectivity index (χ0v) is 9.93. The molecule has 0 amide bonds. The van der Waals surface area contributed by atoms with Crippen molar-refractivity contribution >= 4 is 12.6 Å². The maximum atomic E-state index is 13.2. The molecule has 92 valence electrons. The predicted octanol–water partition coefficient (Wildman–Crippen LogP) is 0.347. The lowest BCUT2D eigenvalue weighted by molar-refractivity contribution is 0.313. The van der Waals surface area contributed by atoms with Gasteiger partial charge in [0.2, 0.25) is 0 Å². The first-order valence-electron chi connectivity index (χ1n) is 5.89. The van der Waals surface area contributed by atoms with Gasteiger partial charge in [0.15, 0.2) is 0 Å². The van der Waals surface area contributed by atoms with Crippen LogP contribution in [0.25, 0.3) is 0 Å². The molecule has 0 atom stereocenters. The summed E-state index contributed by atoms with van der Waals surface area (Å²) >= 11 is 0. The Hall–Kier alpha value is -0.905. The van der Waals surface area contributed by atoms with Crippen LogP contribution in [0.1, 0.15) is 18.4 Å². The Morgan fingerprint density at radius 2 is 2.12 bits per heavy atom. The molecule has 0 bridgehead atoms. The molecule has 1 aromatic carbocycles. The van der Waals surface area contributed by atoms with Crippen molar-refractivity contribution < 1.29 is 14.4 Å². The van der Waals surface area contributed by atoms with E-state index in [0.717, 1.165) is 18.0 Å². The number of hydrogen-bond donors (Lipinski definition) is 2. The number of hydrogen-bond acceptors (Lipinski definition) is 3. The van der Waals surface area contributed by atoms with Crippen LogP contribution in [0.2, 0.25) is 0 Å². The van der Waals surface area contributed by atoms with E-state index in [2.05, 4.69) is 4.90 Å². The van der Waals surface area contributed by atoms with E-state index in [0.29, 0.717) is 6.54 Å². The summed E-state index contributed by atoms with van der Waals surface area (Å²) in [6.07, 6.45) is 2.60. The molecular weight excluding hydrogens is 220 g/mol. The Kier molecular flexibility index (Phi) is 3.81. The van der Waals surface area contributed by atoms with Gasteiger partial charge in [-0.1, -0.05) is 12.1 Å². The molecule has 5 heteroatoms. The molecule has 2 rings (SSSR count). The number of nitrogens with zero attached hydrogens (tertiary/aromatic N) is 1. The Bertz CT molecular complexity index is 396. The van der Waals surface area contributed by atoms with E-state index in [1.807, 2.05) is 7.05 Å². The quantitative estimate of drug-likeness (QED) is 0.726. The minimum absolute atomic E-state index is 0.0534. The van der Waals surface area contributed by atoms with Gasteiger partial charge in [-0.05, 0) is 37.4 Å². The van der Waals surface area contributed by atoms with E-state index in [-0.39, 0.29) is 5.46 Å². The van der Waals surface area contributed by atoms with Crippen molar-refractivity contribution in [3.05, 3.63) is 29.6 Å². The van der Waals surface area contributed by atoms with Crippen LogP contribution in [-0.2, 0) is 6.54 Å². The average molecular weight is 237 g/mol. The molecule has 17 heavy (non-hydrogen) atoms. The van der Waals surface area contributed by atoms with Gasteiger partial charge < -0.3 is 14.9 Å². The minimum Gasteiger partial charge on any atom is -0.423 e. The van der Waals surface area contributed by atoms with Gasteiger partial charge in [-0.15, -0.1) is 0 Å². The molecule has 0 aromatic heterocycles. The molecular formula is C12H17BFNO2. The van der Waals surface area contributed by atoms with Crippen LogP contribution < -0.4 is 5.46 Å². The van der Waals surface area contributed by atoms with Crippen LogP contribution in [-0.4, -0.2) is 35.7 Å². The molecule has 0 aliphatic heterocycles. The molecule has 1 aliphatic carbocycles. The fourth-order valence-corrected chi connectivity index (χ4v) is 2.01. The van der Waals surface area contributed by atoms with Crippen molar-refractivity contribution in [2.45, 2.75) is 19.4 Å². The zero-order chi connectivity index (χ0) is 12.4. The fraction of sp³-hybridized carbons (Fsp3) is 0.500. The summed E-state index contributed by atoms with van der Waals surface area (Å²) < 4.78 is 13.2. The maximum Gasteiger partial charge on any atom is 0.491 e. The van der Waals surface area contributed by atoms with E-state index in [9.17, 15) is 4.39 Å². The second-order valence-corrected chi connectivity index (χ2v) is 4.87. The van der Waals surface area contributed by atoms with E-state index < -0.39 is 12.9 Å². The molecule has 0 heterocycles. The third-order valence-corrected chi connectivity index (χ3v) is 3.06. The van der Waals surface area contributed by atoms with E-state index in [1.54, 1.807) is 6.07 Å². The van der Waals surface area contributed by atoms with Gasteiger partial charge in [0.05, 0.1) is 0 Å². The van der Waals surface area contributed by atoms with Crippen molar-refractivity contribution in [2.24, 2.45) is 5.92 Å². The van der Waals surface area contributed by atoms with Crippen molar-refractivity contribution in [3.63, 3.8) is 0 Å². The van der Waals surface area contributed by atoms with Crippen molar-refractivity contribution in [1.29, 1.82) is 0 Å². The molecule has 1 aromatic rings. The molecule has 1 fully saturated rings. The van der Waals surface area contributed by atoms with Gasteiger partial charge in [-0.3, -0.25) is 0 Å². The highest BCUT2D eigenvalue weighted by molar-refractivity contribution is 6.58. The zero-order valence-electron chi connectivity index (χ0n) is 9.93. The SMILES string of the molecule is CN(Cc1ccc(F)c(B(O)O)c1)CC1CC1. The van der Waals surface area contributed by atoms with Gasteiger partial charge >= 0.3 is 7.12 Å². The summed E-state index contributed by atoms with van der Waals surface area (Å²) in [5.74, 6) is 0.233. The average Bonchev–Trinajstić information content (AvgIpc) is 3.04. The van der Waals surface area contributed by atoms with Crippen molar-refractivity contribution in [3.8, 4) is 0 Å². The Morgan fingerprint density at radius 1 is 1.41 bits per heavy atom. The highest BCUT2D eigenvalue weighted by Crippen LogP contribution is 2.29. The number of rotatable bonds is 5. The molecule has 0 radical (unpaired) electrons. The Morgan fingerprint density at radius 3 is 2.71 bits per heavy atom. The maximum absolute atomic E-state index is 13.2. The van der Waals surface area contributed by atoms with Gasteiger partial charge in [-0.25, -0.2) is 4.39 Å². The van der Waals surface area contributed by atoms with Crippen LogP contribution >= 0.6 is 0 Å². The largest absolute Gasteiger partial charge is 0.491 e. The second kappa shape index (κ2) is 5.17. The molecule has 1 aliphatic rings. The standard InChI is InChI=1S/C12H17BFNO2/c1-15(7-9-2-3-9)8-10-4-5-12(14)11(6-10)13(16)17/h4-6,9,16-17H,2-3,7-8H2,1H3. The molecule has 3 nitrogen and oxygen atoms in total. The van der Waals surface area contributed by atoms with Crippen LogP contribution in [0, 0.1) is 11.7 Å². The van der Waals surface area contributed by atoms with Gasteiger partial charge in [0.1, 0.15) is 5.82 Å². The first-order valence-corrected chi connectivity index (χ1v) is 5.89. The molecule has 0 unspecified atom stereocenters. The Balaban J connectivity index is 2.02. The van der Waals surface area contributed by atoms with Gasteiger partial charge in [-0.2, -0.15) is 0 Å². The lowest BCUT2D eigenvalue weighted by atomic mass is 9.79. The lowest BCUT2D eigenvalue weighted by Gasteiger charge is -2.16. The van der Waals surface area contributed by atoms with Crippen LogP contribution in [0.4, 0.5) is 4.39 Å².